The number of carbonyl (C=O) groups excluding carboxylic acids is 4. The zero-order chi connectivity index (χ0) is 40.6. The third-order valence-electron chi connectivity index (χ3n) is 9.09. The smallest absolute Gasteiger partial charge is 0.326 e. The van der Waals surface area contributed by atoms with E-state index < -0.39 is 22.5 Å². The van der Waals surface area contributed by atoms with Crippen molar-refractivity contribution in [2.45, 2.75) is 105 Å². The van der Waals surface area contributed by atoms with Crippen molar-refractivity contribution in [2.75, 3.05) is 38.3 Å². The van der Waals surface area contributed by atoms with E-state index in [9.17, 15) is 19.2 Å². The molecule has 1 amide bonds. The molecule has 3 aromatic carbocycles. The number of hydrogen-bond donors (Lipinski definition) is 1. The van der Waals surface area contributed by atoms with Gasteiger partial charge in [0, 0.05) is 23.7 Å². The number of aryl methyl sites for hydroxylation is 1. The van der Waals surface area contributed by atoms with Crippen molar-refractivity contribution in [3.63, 3.8) is 0 Å². The zero-order valence-corrected chi connectivity index (χ0v) is 34.1. The normalized spacial score (nSPS) is 14.3. The molecule has 0 aromatic heterocycles. The monoisotopic (exact) mass is 758 g/mol. The molecular weight excluding hydrogens is 700 g/mol. The zero-order valence-electron chi connectivity index (χ0n) is 34.1. The van der Waals surface area contributed by atoms with Crippen molar-refractivity contribution >= 4 is 29.5 Å². The average Bonchev–Trinajstić information content (AvgIpc) is 3.11. The number of amides is 1. The molecule has 298 valence electrons. The highest BCUT2D eigenvalue weighted by Crippen LogP contribution is 2.40. The molecule has 0 fully saturated rings. The van der Waals surface area contributed by atoms with Crippen LogP contribution in [0.4, 0.5) is 5.69 Å². The van der Waals surface area contributed by atoms with E-state index in [0.717, 1.165) is 29.5 Å². The van der Waals surface area contributed by atoms with E-state index in [-0.39, 0.29) is 43.3 Å². The van der Waals surface area contributed by atoms with E-state index in [2.05, 4.69) is 5.32 Å². The highest BCUT2D eigenvalue weighted by molar-refractivity contribution is 6.09. The number of fused-ring (bicyclic) bond motifs is 1. The third kappa shape index (κ3) is 12.6. The van der Waals surface area contributed by atoms with Crippen LogP contribution in [-0.4, -0.2) is 68.4 Å². The molecule has 1 atom stereocenters. The molecular formula is C44H58N2O9. The van der Waals surface area contributed by atoms with Gasteiger partial charge in [-0.05, 0) is 147 Å². The quantitative estimate of drug-likeness (QED) is 0.122. The van der Waals surface area contributed by atoms with Crippen molar-refractivity contribution in [1.82, 2.24) is 5.32 Å². The Bertz CT molecular complexity index is 1820. The number of rotatable bonds is 15. The number of nitrogens with one attached hydrogen (secondary N) is 1. The molecule has 4 rings (SSSR count). The largest absolute Gasteiger partial charge is 0.497 e. The van der Waals surface area contributed by atoms with Crippen LogP contribution in [0.25, 0.3) is 0 Å². The van der Waals surface area contributed by atoms with Crippen molar-refractivity contribution < 1.29 is 42.9 Å². The van der Waals surface area contributed by atoms with E-state index >= 15 is 0 Å². The molecule has 11 heteroatoms. The van der Waals surface area contributed by atoms with Crippen LogP contribution in [0.3, 0.4) is 0 Å². The van der Waals surface area contributed by atoms with Gasteiger partial charge in [-0.15, -0.1) is 0 Å². The number of benzene rings is 3. The van der Waals surface area contributed by atoms with Crippen molar-refractivity contribution in [3.8, 4) is 17.2 Å². The highest BCUT2D eigenvalue weighted by atomic mass is 16.6. The number of carbonyl (C=O) groups is 4. The van der Waals surface area contributed by atoms with Crippen LogP contribution >= 0.6 is 0 Å². The first-order valence-electron chi connectivity index (χ1n) is 19.0. The van der Waals surface area contributed by atoms with Crippen LogP contribution in [0.1, 0.15) is 108 Å². The van der Waals surface area contributed by atoms with Crippen molar-refractivity contribution in [1.29, 1.82) is 0 Å². The number of hydrogen-bond acceptors (Lipinski definition) is 10. The minimum Gasteiger partial charge on any atom is -0.497 e. The summed E-state index contributed by atoms with van der Waals surface area (Å²) in [6.07, 6.45) is 2.46. The van der Waals surface area contributed by atoms with Gasteiger partial charge in [-0.25, -0.2) is 0 Å². The van der Waals surface area contributed by atoms with E-state index in [1.165, 1.54) is 4.90 Å². The average molecular weight is 759 g/mol. The van der Waals surface area contributed by atoms with Crippen LogP contribution in [-0.2, 0) is 36.7 Å². The number of methoxy groups -OCH3 is 1. The molecule has 3 aromatic rings. The molecule has 1 aliphatic carbocycles. The Morgan fingerprint density at radius 3 is 2.13 bits per heavy atom. The maximum absolute atomic E-state index is 14.3. The lowest BCUT2D eigenvalue weighted by Gasteiger charge is -2.31. The molecule has 0 radical (unpaired) electrons. The second-order valence-corrected chi connectivity index (χ2v) is 16.6. The lowest BCUT2D eigenvalue weighted by molar-refractivity contribution is -0.154. The minimum absolute atomic E-state index is 0.0331. The molecule has 0 bridgehead atoms. The predicted octanol–water partition coefficient (Wildman–Crippen LogP) is 7.61. The van der Waals surface area contributed by atoms with Crippen LogP contribution in [0.5, 0.6) is 17.2 Å². The Kier molecular flexibility index (Phi) is 14.1. The van der Waals surface area contributed by atoms with Gasteiger partial charge in [0.2, 0.25) is 0 Å². The standard InChI is InChI=1S/C44H58N2O9/c1-11-52-39(48)27-46(40(49)29-14-17-33(18-15-29)53-28-44(8,9)45-23-22-38(47)55-43(5,6)7)37-26-34(51-10)20-21-36(37)32-13-12-31-25-35(19-16-30(31)24-32)54-41(50)42(2,3)4/h14-21,25-26,32,45H,11-13,22-24,27-28H2,1-10H3/t32-/m1/s1. The van der Waals surface area contributed by atoms with Crippen molar-refractivity contribution in [3.05, 3.63) is 82.9 Å². The molecule has 0 heterocycles. The summed E-state index contributed by atoms with van der Waals surface area (Å²) in [7, 11) is 1.56. The molecule has 0 spiro atoms. The fraction of sp³-hybridized carbons (Fsp3) is 0.500. The lowest BCUT2D eigenvalue weighted by Crippen LogP contribution is -2.45. The van der Waals surface area contributed by atoms with Crippen LogP contribution in [0.2, 0.25) is 0 Å². The summed E-state index contributed by atoms with van der Waals surface area (Å²) in [6, 6.07) is 18.2. The first kappa shape index (κ1) is 42.8. The topological polar surface area (TPSA) is 130 Å². The number of ether oxygens (including phenoxy) is 5. The van der Waals surface area contributed by atoms with Gasteiger partial charge < -0.3 is 29.0 Å². The first-order chi connectivity index (χ1) is 25.8. The Labute approximate surface area is 326 Å². The lowest BCUT2D eigenvalue weighted by atomic mass is 9.79. The third-order valence-corrected chi connectivity index (χ3v) is 9.09. The molecule has 55 heavy (non-hydrogen) atoms. The molecule has 0 unspecified atom stereocenters. The Hall–Kier alpha value is -4.90. The fourth-order valence-electron chi connectivity index (χ4n) is 6.21. The Morgan fingerprint density at radius 2 is 1.49 bits per heavy atom. The second kappa shape index (κ2) is 18.2. The Balaban J connectivity index is 1.53. The predicted molar refractivity (Wildman–Crippen MR) is 212 cm³/mol. The molecule has 1 aliphatic rings. The van der Waals surface area contributed by atoms with E-state index in [0.29, 0.717) is 48.1 Å². The summed E-state index contributed by atoms with van der Waals surface area (Å²) < 4.78 is 28.0. The molecule has 0 saturated carbocycles. The first-order valence-corrected chi connectivity index (χ1v) is 19.0. The molecule has 1 N–H and O–H groups in total. The van der Waals surface area contributed by atoms with Gasteiger partial charge in [0.15, 0.2) is 0 Å². The maximum Gasteiger partial charge on any atom is 0.326 e. The van der Waals surface area contributed by atoms with E-state index in [4.69, 9.17) is 23.7 Å². The summed E-state index contributed by atoms with van der Waals surface area (Å²) in [6.45, 7) is 17.3. The van der Waals surface area contributed by atoms with Gasteiger partial charge in [-0.2, -0.15) is 0 Å². The van der Waals surface area contributed by atoms with Gasteiger partial charge in [-0.1, -0.05) is 12.1 Å². The summed E-state index contributed by atoms with van der Waals surface area (Å²) in [5, 5.41) is 3.34. The van der Waals surface area contributed by atoms with Crippen LogP contribution < -0.4 is 24.4 Å². The molecule has 0 saturated heterocycles. The SMILES string of the molecule is CCOC(=O)CN(C(=O)c1ccc(OCC(C)(C)NCCC(=O)OC(C)(C)C)cc1)c1cc(OC)ccc1[C@@H]1CCc2cc(OC(=O)C(C)(C)C)ccc2C1. The minimum atomic E-state index is -0.615. The number of nitrogens with zero attached hydrogens (tertiary/aromatic N) is 1. The highest BCUT2D eigenvalue weighted by Gasteiger charge is 2.30. The van der Waals surface area contributed by atoms with Gasteiger partial charge >= 0.3 is 17.9 Å². The van der Waals surface area contributed by atoms with E-state index in [1.54, 1.807) is 44.4 Å². The van der Waals surface area contributed by atoms with Crippen LogP contribution in [0.15, 0.2) is 60.7 Å². The second-order valence-electron chi connectivity index (χ2n) is 16.6. The molecule has 11 nitrogen and oxygen atoms in total. The van der Waals surface area contributed by atoms with Gasteiger partial charge in [0.25, 0.3) is 5.91 Å². The van der Waals surface area contributed by atoms with Crippen molar-refractivity contribution in [2.24, 2.45) is 5.41 Å². The Morgan fingerprint density at radius 1 is 0.818 bits per heavy atom. The summed E-state index contributed by atoms with van der Waals surface area (Å²) >= 11 is 0. The summed E-state index contributed by atoms with van der Waals surface area (Å²) in [4.78, 5) is 53.4. The van der Waals surface area contributed by atoms with E-state index in [1.807, 2.05) is 85.7 Å². The number of anilines is 1. The van der Waals surface area contributed by atoms with Gasteiger partial charge in [0.1, 0.15) is 36.0 Å². The fourth-order valence-corrected chi connectivity index (χ4v) is 6.21. The summed E-state index contributed by atoms with van der Waals surface area (Å²) in [5.74, 6) is 0.212. The summed E-state index contributed by atoms with van der Waals surface area (Å²) in [5.41, 5.74) is 2.50. The van der Waals surface area contributed by atoms with Crippen LogP contribution in [0, 0.1) is 5.41 Å². The van der Waals surface area contributed by atoms with Gasteiger partial charge in [-0.3, -0.25) is 24.1 Å². The maximum atomic E-state index is 14.3. The van der Waals surface area contributed by atoms with Gasteiger partial charge in [0.05, 0.1) is 31.2 Å². The number of esters is 3. The molecule has 0 aliphatic heterocycles.